The van der Waals surface area contributed by atoms with Gasteiger partial charge in [-0.05, 0) is 23.4 Å². The first-order valence-electron chi connectivity index (χ1n) is 9.18. The zero-order valence-electron chi connectivity index (χ0n) is 15.8. The van der Waals surface area contributed by atoms with Crippen molar-refractivity contribution in [2.75, 3.05) is 0 Å². The Hall–Kier alpha value is -3.75. The van der Waals surface area contributed by atoms with E-state index in [0.717, 1.165) is 11.1 Å². The Morgan fingerprint density at radius 1 is 0.903 bits per heavy atom. The van der Waals surface area contributed by atoms with Crippen molar-refractivity contribution in [1.29, 1.82) is 0 Å². The summed E-state index contributed by atoms with van der Waals surface area (Å²) in [6.45, 7) is 0. The smallest absolute Gasteiger partial charge is 0.272 e. The molecule has 10 heteroatoms. The van der Waals surface area contributed by atoms with Gasteiger partial charge in [0.15, 0.2) is 0 Å². The molecule has 2 N–H and O–H groups in total. The summed E-state index contributed by atoms with van der Waals surface area (Å²) in [7, 11) is 0. The van der Waals surface area contributed by atoms with Gasteiger partial charge in [-0.3, -0.25) is 9.36 Å². The molecule has 5 aromatic rings. The Morgan fingerprint density at radius 2 is 1.71 bits per heavy atom. The first kappa shape index (κ1) is 19.2. The molecule has 3 heterocycles. The van der Waals surface area contributed by atoms with Gasteiger partial charge in [0.25, 0.3) is 5.56 Å². The summed E-state index contributed by atoms with van der Waals surface area (Å²) >= 11 is 12.5. The molecule has 31 heavy (non-hydrogen) atoms. The van der Waals surface area contributed by atoms with Gasteiger partial charge in [0.2, 0.25) is 5.82 Å². The van der Waals surface area contributed by atoms with E-state index in [1.165, 1.54) is 6.20 Å². The zero-order valence-corrected chi connectivity index (χ0v) is 17.3. The van der Waals surface area contributed by atoms with Crippen LogP contribution in [-0.2, 0) is 0 Å². The third-order valence-corrected chi connectivity index (χ3v) is 5.11. The lowest BCUT2D eigenvalue weighted by molar-refractivity contribution is 0.881. The number of tetrazole rings is 1. The van der Waals surface area contributed by atoms with Crippen molar-refractivity contribution < 1.29 is 0 Å². The number of benzene rings is 2. The van der Waals surface area contributed by atoms with Gasteiger partial charge in [-0.15, -0.1) is 10.2 Å². The molecule has 0 saturated carbocycles. The normalized spacial score (nSPS) is 11.0. The molecule has 0 aliphatic rings. The van der Waals surface area contributed by atoms with Crippen molar-refractivity contribution in [1.82, 2.24) is 35.2 Å². The van der Waals surface area contributed by atoms with Crippen molar-refractivity contribution in [3.63, 3.8) is 0 Å². The molecule has 0 bridgehead atoms. The quantitative estimate of drug-likeness (QED) is 0.423. The average Bonchev–Trinajstić information content (AvgIpc) is 3.44. The van der Waals surface area contributed by atoms with Gasteiger partial charge < -0.3 is 4.98 Å². The minimum atomic E-state index is -0.332. The van der Waals surface area contributed by atoms with Crippen LogP contribution in [0.5, 0.6) is 0 Å². The molecule has 2 aromatic carbocycles. The number of aromatic nitrogens is 7. The lowest BCUT2D eigenvalue weighted by Gasteiger charge is -2.13. The predicted octanol–water partition coefficient (Wildman–Crippen LogP) is 4.38. The number of nitrogens with one attached hydrogen (secondary N) is 2. The van der Waals surface area contributed by atoms with E-state index in [0.29, 0.717) is 32.9 Å². The van der Waals surface area contributed by atoms with Crippen LogP contribution in [0, 0.1) is 0 Å². The van der Waals surface area contributed by atoms with Crippen LogP contribution in [0.1, 0.15) is 0 Å². The van der Waals surface area contributed by atoms with Crippen molar-refractivity contribution in [3.05, 3.63) is 87.3 Å². The molecule has 0 saturated heterocycles. The topological polar surface area (TPSA) is 105 Å². The second kappa shape index (κ2) is 7.82. The predicted molar refractivity (Wildman–Crippen MR) is 118 cm³/mol. The number of hydrogen-bond donors (Lipinski definition) is 2. The van der Waals surface area contributed by atoms with Crippen LogP contribution in [0.4, 0.5) is 0 Å². The molecule has 5 rings (SSSR count). The first-order chi connectivity index (χ1) is 15.1. The lowest BCUT2D eigenvalue weighted by Crippen LogP contribution is -2.15. The Kier molecular flexibility index (Phi) is 4.85. The Morgan fingerprint density at radius 3 is 2.45 bits per heavy atom. The third kappa shape index (κ3) is 3.52. The zero-order chi connectivity index (χ0) is 21.4. The van der Waals surface area contributed by atoms with Crippen LogP contribution < -0.4 is 5.56 Å². The van der Waals surface area contributed by atoms with E-state index in [4.69, 9.17) is 28.2 Å². The van der Waals surface area contributed by atoms with Crippen molar-refractivity contribution in [2.24, 2.45) is 0 Å². The SMILES string of the molecule is O=c1[nH]cc(Cl)cc1-n1c(-c2ccccc2)nc(-c2nn[nH]n2)c1-c1cccc(Cl)c1. The number of hydrogen-bond acceptors (Lipinski definition) is 5. The van der Waals surface area contributed by atoms with E-state index in [-0.39, 0.29) is 11.4 Å². The van der Waals surface area contributed by atoms with Crippen LogP contribution in [0.15, 0.2) is 71.7 Å². The maximum atomic E-state index is 12.9. The molecule has 8 nitrogen and oxygen atoms in total. The molecule has 0 amide bonds. The van der Waals surface area contributed by atoms with Crippen LogP contribution >= 0.6 is 23.2 Å². The molecule has 0 aliphatic heterocycles. The van der Waals surface area contributed by atoms with Crippen molar-refractivity contribution in [3.8, 4) is 39.9 Å². The van der Waals surface area contributed by atoms with Gasteiger partial charge in [0.1, 0.15) is 17.2 Å². The number of nitrogens with zero attached hydrogens (tertiary/aromatic N) is 5. The van der Waals surface area contributed by atoms with E-state index in [9.17, 15) is 4.79 Å². The third-order valence-electron chi connectivity index (χ3n) is 4.65. The fourth-order valence-electron chi connectivity index (χ4n) is 3.37. The first-order valence-corrected chi connectivity index (χ1v) is 9.94. The molecule has 0 atom stereocenters. The van der Waals surface area contributed by atoms with E-state index in [1.807, 2.05) is 42.5 Å². The number of rotatable bonds is 4. The summed E-state index contributed by atoms with van der Waals surface area (Å²) in [5.74, 6) is 0.799. The second-order valence-electron chi connectivity index (χ2n) is 6.61. The number of aromatic amines is 2. The highest BCUT2D eigenvalue weighted by molar-refractivity contribution is 6.31. The molecular weight excluding hydrogens is 437 g/mol. The monoisotopic (exact) mass is 449 g/mol. The van der Waals surface area contributed by atoms with Gasteiger partial charge in [0.05, 0.1) is 10.7 Å². The van der Waals surface area contributed by atoms with E-state index in [2.05, 4.69) is 25.6 Å². The Bertz CT molecular complexity index is 1430. The summed E-state index contributed by atoms with van der Waals surface area (Å²) in [4.78, 5) is 20.3. The standard InChI is InChI=1S/C21H13Cl2N7O/c22-14-8-4-7-13(9-14)18-17(19-26-28-29-27-19)25-20(12-5-2-1-3-6-12)30(18)16-10-15(23)11-24-21(16)31/h1-11H,(H,24,31)(H,26,27,28,29). The minimum Gasteiger partial charge on any atom is -0.326 e. The highest BCUT2D eigenvalue weighted by Gasteiger charge is 2.26. The van der Waals surface area contributed by atoms with E-state index in [1.54, 1.807) is 22.8 Å². The van der Waals surface area contributed by atoms with Crippen LogP contribution in [0.25, 0.3) is 39.9 Å². The fraction of sp³-hybridized carbons (Fsp3) is 0. The fourth-order valence-corrected chi connectivity index (χ4v) is 3.72. The largest absolute Gasteiger partial charge is 0.326 e. The lowest BCUT2D eigenvalue weighted by atomic mass is 10.1. The van der Waals surface area contributed by atoms with Gasteiger partial charge in [0, 0.05) is 22.3 Å². The highest BCUT2D eigenvalue weighted by atomic mass is 35.5. The van der Waals surface area contributed by atoms with Gasteiger partial charge >= 0.3 is 0 Å². The summed E-state index contributed by atoms with van der Waals surface area (Å²) < 4.78 is 1.73. The van der Waals surface area contributed by atoms with Gasteiger partial charge in [-0.25, -0.2) is 4.98 Å². The number of halogens is 2. The van der Waals surface area contributed by atoms with Crippen LogP contribution in [-0.4, -0.2) is 35.2 Å². The number of imidazole rings is 1. The minimum absolute atomic E-state index is 0.282. The van der Waals surface area contributed by atoms with Crippen LogP contribution in [0.2, 0.25) is 10.0 Å². The van der Waals surface area contributed by atoms with Gasteiger partial charge in [-0.2, -0.15) is 5.21 Å². The maximum absolute atomic E-state index is 12.9. The summed E-state index contributed by atoms with van der Waals surface area (Å²) in [5, 5.41) is 15.2. The van der Waals surface area contributed by atoms with E-state index >= 15 is 0 Å². The molecule has 0 unspecified atom stereocenters. The molecule has 0 aliphatic carbocycles. The Labute approximate surface area is 185 Å². The highest BCUT2D eigenvalue weighted by Crippen LogP contribution is 2.37. The molecule has 0 radical (unpaired) electrons. The molecular formula is C21H13Cl2N7O. The van der Waals surface area contributed by atoms with Crippen molar-refractivity contribution >= 4 is 23.2 Å². The summed E-state index contributed by atoms with van der Waals surface area (Å²) in [6.07, 6.45) is 1.44. The summed E-state index contributed by atoms with van der Waals surface area (Å²) in [5.41, 5.74) is 2.50. The number of H-pyrrole nitrogens is 2. The van der Waals surface area contributed by atoms with E-state index < -0.39 is 0 Å². The van der Waals surface area contributed by atoms with Crippen molar-refractivity contribution in [2.45, 2.75) is 0 Å². The molecule has 152 valence electrons. The molecule has 0 spiro atoms. The second-order valence-corrected chi connectivity index (χ2v) is 7.48. The molecule has 0 fully saturated rings. The number of pyridine rings is 1. The maximum Gasteiger partial charge on any atom is 0.272 e. The Balaban J connectivity index is 1.94. The van der Waals surface area contributed by atoms with Crippen LogP contribution in [0.3, 0.4) is 0 Å². The molecule has 3 aromatic heterocycles. The summed E-state index contributed by atoms with van der Waals surface area (Å²) in [6, 6.07) is 18.3. The average molecular weight is 450 g/mol. The van der Waals surface area contributed by atoms with Gasteiger partial charge in [-0.1, -0.05) is 65.7 Å².